The number of ether oxygens (including phenoxy) is 1. The lowest BCUT2D eigenvalue weighted by atomic mass is 10.2. The van der Waals surface area contributed by atoms with E-state index < -0.39 is 0 Å². The van der Waals surface area contributed by atoms with Gasteiger partial charge in [-0.05, 0) is 24.7 Å². The van der Waals surface area contributed by atoms with Crippen molar-refractivity contribution in [3.8, 4) is 0 Å². The lowest BCUT2D eigenvalue weighted by Crippen LogP contribution is -2.43. The summed E-state index contributed by atoms with van der Waals surface area (Å²) < 4.78 is 8.11. The summed E-state index contributed by atoms with van der Waals surface area (Å²) in [6.45, 7) is 7.08. The van der Waals surface area contributed by atoms with Crippen LogP contribution in [0, 0.1) is 0 Å². The summed E-state index contributed by atoms with van der Waals surface area (Å²) >= 11 is 6.21. The number of morpholine rings is 1. The largest absolute Gasteiger partial charge is 0.374 e. The van der Waals surface area contributed by atoms with E-state index in [1.807, 2.05) is 12.1 Å². The van der Waals surface area contributed by atoms with E-state index in [1.165, 1.54) is 5.52 Å². The molecule has 0 N–H and O–H groups in total. The van der Waals surface area contributed by atoms with E-state index in [2.05, 4.69) is 34.7 Å². The summed E-state index contributed by atoms with van der Waals surface area (Å²) in [5.74, 6) is 0. The quantitative estimate of drug-likeness (QED) is 0.859. The van der Waals surface area contributed by atoms with Gasteiger partial charge in [-0.3, -0.25) is 4.90 Å². The third-order valence-corrected chi connectivity index (χ3v) is 4.16. The van der Waals surface area contributed by atoms with Gasteiger partial charge in [0.2, 0.25) is 0 Å². The van der Waals surface area contributed by atoms with Gasteiger partial charge in [-0.2, -0.15) is 0 Å². The zero-order chi connectivity index (χ0) is 13.2. The third kappa shape index (κ3) is 2.64. The summed E-state index contributed by atoms with van der Waals surface area (Å²) in [6.07, 6.45) is 2.37. The lowest BCUT2D eigenvalue weighted by molar-refractivity contribution is -0.0337. The molecular formula is C15H19ClN2O. The van der Waals surface area contributed by atoms with E-state index >= 15 is 0 Å². The van der Waals surface area contributed by atoms with Gasteiger partial charge in [0.25, 0.3) is 0 Å². The van der Waals surface area contributed by atoms with E-state index in [4.69, 9.17) is 16.3 Å². The first-order chi connectivity index (χ1) is 9.28. The predicted molar refractivity (Wildman–Crippen MR) is 78.8 cm³/mol. The van der Waals surface area contributed by atoms with Crippen molar-refractivity contribution in [3.63, 3.8) is 0 Å². The van der Waals surface area contributed by atoms with Crippen LogP contribution in [0.3, 0.4) is 0 Å². The number of hydrogen-bond acceptors (Lipinski definition) is 2. The zero-order valence-corrected chi connectivity index (χ0v) is 11.9. The highest BCUT2D eigenvalue weighted by Gasteiger charge is 2.20. The van der Waals surface area contributed by atoms with Crippen LogP contribution in [0.25, 0.3) is 10.9 Å². The van der Waals surface area contributed by atoms with Crippen LogP contribution < -0.4 is 0 Å². The first-order valence-electron chi connectivity index (χ1n) is 6.85. The number of hydrogen-bond donors (Lipinski definition) is 0. The van der Waals surface area contributed by atoms with E-state index in [0.717, 1.165) is 43.2 Å². The van der Waals surface area contributed by atoms with Crippen molar-refractivity contribution >= 4 is 22.5 Å². The predicted octanol–water partition coefficient (Wildman–Crippen LogP) is 3.02. The SMILES string of the molecule is CCN1CCOC(Cn2ccc3c(Cl)cccc32)C1. The molecule has 102 valence electrons. The Morgan fingerprint density at radius 3 is 3.11 bits per heavy atom. The first-order valence-corrected chi connectivity index (χ1v) is 7.23. The first kappa shape index (κ1) is 13.0. The van der Waals surface area contributed by atoms with E-state index in [0.29, 0.717) is 0 Å². The molecule has 0 saturated carbocycles. The molecule has 1 saturated heterocycles. The Morgan fingerprint density at radius 1 is 1.37 bits per heavy atom. The zero-order valence-electron chi connectivity index (χ0n) is 11.2. The summed E-state index contributed by atoms with van der Waals surface area (Å²) in [7, 11) is 0. The van der Waals surface area contributed by atoms with Crippen molar-refractivity contribution in [2.75, 3.05) is 26.2 Å². The molecular weight excluding hydrogens is 260 g/mol. The number of likely N-dealkylation sites (N-methyl/N-ethyl adjacent to an activating group) is 1. The third-order valence-electron chi connectivity index (χ3n) is 3.83. The van der Waals surface area contributed by atoms with Crippen LogP contribution in [0.15, 0.2) is 30.5 Å². The van der Waals surface area contributed by atoms with Crippen molar-refractivity contribution in [1.29, 1.82) is 0 Å². The minimum Gasteiger partial charge on any atom is -0.374 e. The number of nitrogens with zero attached hydrogens (tertiary/aromatic N) is 2. The molecule has 2 aromatic rings. The molecule has 1 unspecified atom stereocenters. The Hall–Kier alpha value is -1.03. The lowest BCUT2D eigenvalue weighted by Gasteiger charge is -2.32. The second-order valence-corrected chi connectivity index (χ2v) is 5.43. The Balaban J connectivity index is 1.80. The average molecular weight is 279 g/mol. The molecule has 1 fully saturated rings. The maximum atomic E-state index is 6.21. The van der Waals surface area contributed by atoms with Gasteiger partial charge in [0.05, 0.1) is 19.3 Å². The fraction of sp³-hybridized carbons (Fsp3) is 0.467. The van der Waals surface area contributed by atoms with Gasteiger partial charge in [0, 0.05) is 35.2 Å². The molecule has 1 aromatic carbocycles. The number of halogens is 1. The van der Waals surface area contributed by atoms with Gasteiger partial charge >= 0.3 is 0 Å². The Kier molecular flexibility index (Phi) is 3.78. The van der Waals surface area contributed by atoms with Crippen molar-refractivity contribution in [2.45, 2.75) is 19.6 Å². The summed E-state index contributed by atoms with van der Waals surface area (Å²) in [4.78, 5) is 2.44. The summed E-state index contributed by atoms with van der Waals surface area (Å²) in [6, 6.07) is 8.13. The Bertz CT molecular complexity index is 566. The van der Waals surface area contributed by atoms with Crippen LogP contribution in [0.1, 0.15) is 6.92 Å². The highest BCUT2D eigenvalue weighted by molar-refractivity contribution is 6.35. The van der Waals surface area contributed by atoms with E-state index in [9.17, 15) is 0 Å². The van der Waals surface area contributed by atoms with Gasteiger partial charge in [0.1, 0.15) is 0 Å². The second kappa shape index (κ2) is 5.53. The number of benzene rings is 1. The highest BCUT2D eigenvalue weighted by atomic mass is 35.5. The van der Waals surface area contributed by atoms with Gasteiger partial charge in [-0.1, -0.05) is 24.6 Å². The second-order valence-electron chi connectivity index (χ2n) is 5.03. The van der Waals surface area contributed by atoms with Crippen LogP contribution in [-0.4, -0.2) is 41.8 Å². The fourth-order valence-electron chi connectivity index (χ4n) is 2.74. The minimum atomic E-state index is 0.267. The van der Waals surface area contributed by atoms with Gasteiger partial charge < -0.3 is 9.30 Å². The van der Waals surface area contributed by atoms with Crippen LogP contribution in [0.5, 0.6) is 0 Å². The molecule has 4 heteroatoms. The van der Waals surface area contributed by atoms with Crippen LogP contribution in [0.2, 0.25) is 5.02 Å². The van der Waals surface area contributed by atoms with Crippen molar-refractivity contribution in [2.24, 2.45) is 0 Å². The van der Waals surface area contributed by atoms with Crippen molar-refractivity contribution in [3.05, 3.63) is 35.5 Å². The van der Waals surface area contributed by atoms with Crippen LogP contribution in [-0.2, 0) is 11.3 Å². The molecule has 0 spiro atoms. The average Bonchev–Trinajstić information content (AvgIpc) is 2.84. The summed E-state index contributed by atoms with van der Waals surface area (Å²) in [5.41, 5.74) is 1.18. The van der Waals surface area contributed by atoms with Gasteiger partial charge in [-0.25, -0.2) is 0 Å². The smallest absolute Gasteiger partial charge is 0.0881 e. The molecule has 1 aromatic heterocycles. The molecule has 19 heavy (non-hydrogen) atoms. The monoisotopic (exact) mass is 278 g/mol. The highest BCUT2D eigenvalue weighted by Crippen LogP contribution is 2.24. The minimum absolute atomic E-state index is 0.267. The van der Waals surface area contributed by atoms with Gasteiger partial charge in [-0.15, -0.1) is 0 Å². The maximum Gasteiger partial charge on any atom is 0.0881 e. The van der Waals surface area contributed by atoms with Crippen molar-refractivity contribution < 1.29 is 4.74 Å². The standard InChI is InChI=1S/C15H19ClN2O/c1-2-17-8-9-19-12(10-17)11-18-7-6-13-14(16)4-3-5-15(13)18/h3-7,12H,2,8-11H2,1H3. The normalized spacial score (nSPS) is 21.1. The molecule has 0 aliphatic carbocycles. The summed E-state index contributed by atoms with van der Waals surface area (Å²) in [5, 5.41) is 1.93. The molecule has 0 amide bonds. The van der Waals surface area contributed by atoms with Gasteiger partial charge in [0.15, 0.2) is 0 Å². The topological polar surface area (TPSA) is 17.4 Å². The van der Waals surface area contributed by atoms with Crippen LogP contribution in [0.4, 0.5) is 0 Å². The van der Waals surface area contributed by atoms with Crippen molar-refractivity contribution in [1.82, 2.24) is 9.47 Å². The van der Waals surface area contributed by atoms with E-state index in [1.54, 1.807) is 0 Å². The number of aromatic nitrogens is 1. The molecule has 3 nitrogen and oxygen atoms in total. The molecule has 0 bridgehead atoms. The molecule has 0 radical (unpaired) electrons. The maximum absolute atomic E-state index is 6.21. The van der Waals surface area contributed by atoms with E-state index in [-0.39, 0.29) is 6.10 Å². The molecule has 1 aliphatic heterocycles. The fourth-order valence-corrected chi connectivity index (χ4v) is 2.98. The molecule has 2 heterocycles. The molecule has 1 aliphatic rings. The number of fused-ring (bicyclic) bond motifs is 1. The molecule has 1 atom stereocenters. The Labute approximate surface area is 118 Å². The molecule has 3 rings (SSSR count). The van der Waals surface area contributed by atoms with Crippen LogP contribution >= 0.6 is 11.6 Å². The Morgan fingerprint density at radius 2 is 2.26 bits per heavy atom. The number of rotatable bonds is 3.